The van der Waals surface area contributed by atoms with E-state index in [1.54, 1.807) is 11.3 Å². The number of hydrogen-bond donors (Lipinski definition) is 1. The lowest BCUT2D eigenvalue weighted by Crippen LogP contribution is -2.47. The zero-order valence-corrected chi connectivity index (χ0v) is 16.3. The van der Waals surface area contributed by atoms with Gasteiger partial charge in [-0.1, -0.05) is 37.6 Å². The number of rotatable bonds is 5. The van der Waals surface area contributed by atoms with Crippen LogP contribution in [0.25, 0.3) is 10.1 Å². The lowest BCUT2D eigenvalue weighted by Gasteiger charge is -2.39. The first-order chi connectivity index (χ1) is 13.2. The Morgan fingerprint density at radius 2 is 2.15 bits per heavy atom. The number of aliphatic carboxylic acids is 1. The lowest BCUT2D eigenvalue weighted by molar-refractivity contribution is -0.145. The second-order valence-corrected chi connectivity index (χ2v) is 8.03. The highest BCUT2D eigenvalue weighted by atomic mass is 32.1. The number of piperidine rings is 1. The van der Waals surface area contributed by atoms with Gasteiger partial charge in [0.1, 0.15) is 6.04 Å². The number of pyridine rings is 1. The van der Waals surface area contributed by atoms with Gasteiger partial charge < -0.3 is 5.11 Å². The lowest BCUT2D eigenvalue weighted by atomic mass is 9.93. The van der Waals surface area contributed by atoms with Gasteiger partial charge in [-0.25, -0.2) is 0 Å². The summed E-state index contributed by atoms with van der Waals surface area (Å²) in [7, 11) is 0. The number of aromatic nitrogens is 1. The minimum atomic E-state index is -0.732. The normalized spacial score (nSPS) is 19.2. The molecule has 3 heterocycles. The van der Waals surface area contributed by atoms with Crippen molar-refractivity contribution in [2.45, 2.75) is 44.7 Å². The number of hydrogen-bond acceptors (Lipinski definition) is 4. The van der Waals surface area contributed by atoms with E-state index >= 15 is 0 Å². The molecule has 0 radical (unpaired) electrons. The predicted octanol–water partition coefficient (Wildman–Crippen LogP) is 4.89. The molecule has 0 spiro atoms. The summed E-state index contributed by atoms with van der Waals surface area (Å²) in [6.45, 7) is 2.90. The van der Waals surface area contributed by atoms with Gasteiger partial charge in [0.25, 0.3) is 0 Å². The van der Waals surface area contributed by atoms with Crippen LogP contribution in [0.1, 0.15) is 49.0 Å². The van der Waals surface area contributed by atoms with Gasteiger partial charge in [-0.15, -0.1) is 11.3 Å². The van der Waals surface area contributed by atoms with E-state index in [-0.39, 0.29) is 6.04 Å². The Kier molecular flexibility index (Phi) is 5.23. The molecule has 4 rings (SSSR count). The molecule has 0 saturated carbocycles. The Bertz CT molecular complexity index is 935. The first-order valence-corrected chi connectivity index (χ1v) is 10.5. The van der Waals surface area contributed by atoms with Crippen LogP contribution in [0.3, 0.4) is 0 Å². The molecule has 1 aliphatic rings. The van der Waals surface area contributed by atoms with E-state index in [9.17, 15) is 9.90 Å². The monoisotopic (exact) mass is 380 g/mol. The molecular weight excluding hydrogens is 356 g/mol. The van der Waals surface area contributed by atoms with Crippen LogP contribution in [0.5, 0.6) is 0 Å². The molecule has 2 atom stereocenters. The molecular formula is C22H24N2O2S. The first-order valence-electron chi connectivity index (χ1n) is 9.58. The third-order valence-electron chi connectivity index (χ3n) is 5.50. The topological polar surface area (TPSA) is 53.4 Å². The van der Waals surface area contributed by atoms with E-state index in [2.05, 4.69) is 41.5 Å². The highest BCUT2D eigenvalue weighted by molar-refractivity contribution is 7.17. The Balaban J connectivity index is 1.85. The van der Waals surface area contributed by atoms with Crippen molar-refractivity contribution in [1.29, 1.82) is 0 Å². The van der Waals surface area contributed by atoms with Crippen molar-refractivity contribution in [3.8, 4) is 0 Å². The summed E-state index contributed by atoms with van der Waals surface area (Å²) < 4.78 is 1.23. The van der Waals surface area contributed by atoms with Crippen LogP contribution in [0.15, 0.2) is 48.0 Å². The number of carbonyl (C=O) groups is 1. The maximum Gasteiger partial charge on any atom is 0.320 e. The zero-order valence-electron chi connectivity index (χ0n) is 15.5. The number of thiophene rings is 1. The van der Waals surface area contributed by atoms with Gasteiger partial charge in [0, 0.05) is 10.9 Å². The maximum absolute atomic E-state index is 12.0. The van der Waals surface area contributed by atoms with Crippen LogP contribution < -0.4 is 0 Å². The zero-order chi connectivity index (χ0) is 18.8. The SMILES string of the molecule is CCc1ccc(C(c2csc3ccccc23)N2CCCCC2C(=O)O)nc1. The molecule has 0 aliphatic carbocycles. The van der Waals surface area contributed by atoms with Crippen LogP contribution in [-0.4, -0.2) is 33.5 Å². The molecule has 2 aromatic heterocycles. The summed E-state index contributed by atoms with van der Waals surface area (Å²) in [6.07, 6.45) is 5.56. The number of fused-ring (bicyclic) bond motifs is 1. The van der Waals surface area contributed by atoms with Gasteiger partial charge in [0.2, 0.25) is 0 Å². The smallest absolute Gasteiger partial charge is 0.320 e. The largest absolute Gasteiger partial charge is 0.480 e. The maximum atomic E-state index is 12.0. The fourth-order valence-corrected chi connectivity index (χ4v) is 5.03. The van der Waals surface area contributed by atoms with Crippen LogP contribution in [-0.2, 0) is 11.2 Å². The van der Waals surface area contributed by atoms with Gasteiger partial charge in [-0.2, -0.15) is 0 Å². The Morgan fingerprint density at radius 3 is 2.89 bits per heavy atom. The van der Waals surface area contributed by atoms with Crippen LogP contribution in [0, 0.1) is 0 Å². The quantitative estimate of drug-likeness (QED) is 0.685. The average molecular weight is 381 g/mol. The number of aryl methyl sites for hydroxylation is 1. The van der Waals surface area contributed by atoms with Gasteiger partial charge in [-0.3, -0.25) is 14.7 Å². The molecule has 1 N–H and O–H groups in total. The molecule has 4 nitrogen and oxygen atoms in total. The summed E-state index contributed by atoms with van der Waals surface area (Å²) in [5, 5.41) is 13.2. The Morgan fingerprint density at radius 1 is 1.30 bits per heavy atom. The molecule has 27 heavy (non-hydrogen) atoms. The van der Waals surface area contributed by atoms with E-state index in [0.29, 0.717) is 6.42 Å². The number of nitrogens with zero attached hydrogens (tertiary/aromatic N) is 2. The molecule has 1 fully saturated rings. The van der Waals surface area contributed by atoms with Crippen molar-refractivity contribution in [1.82, 2.24) is 9.88 Å². The summed E-state index contributed by atoms with van der Waals surface area (Å²) in [6, 6.07) is 11.9. The van der Waals surface area contributed by atoms with Gasteiger partial charge >= 0.3 is 5.97 Å². The Labute approximate surface area is 163 Å². The molecule has 3 aromatic rings. The molecule has 1 aromatic carbocycles. The molecule has 2 unspecified atom stereocenters. The molecule has 140 valence electrons. The van der Waals surface area contributed by atoms with E-state index in [1.165, 1.54) is 21.2 Å². The van der Waals surface area contributed by atoms with Crippen molar-refractivity contribution < 1.29 is 9.90 Å². The predicted molar refractivity (Wildman–Crippen MR) is 109 cm³/mol. The van der Waals surface area contributed by atoms with Crippen molar-refractivity contribution in [2.24, 2.45) is 0 Å². The summed E-state index contributed by atoms with van der Waals surface area (Å²) in [5.74, 6) is -0.732. The average Bonchev–Trinajstić information content (AvgIpc) is 3.13. The fourth-order valence-electron chi connectivity index (χ4n) is 4.05. The number of benzene rings is 1. The Hall–Kier alpha value is -2.24. The van der Waals surface area contributed by atoms with Gasteiger partial charge in [0.05, 0.1) is 11.7 Å². The standard InChI is InChI=1S/C22H24N2O2S/c1-2-15-10-11-18(23-13-15)21(24-12-6-5-8-19(24)22(25)26)17-14-27-20-9-4-3-7-16(17)20/h3-4,7,9-11,13-14,19,21H,2,5-6,8,12H2,1H3,(H,25,26). The van der Waals surface area contributed by atoms with Crippen molar-refractivity contribution in [2.75, 3.05) is 6.54 Å². The minimum Gasteiger partial charge on any atom is -0.480 e. The van der Waals surface area contributed by atoms with Gasteiger partial charge in [0.15, 0.2) is 0 Å². The second kappa shape index (κ2) is 7.79. The molecule has 0 bridgehead atoms. The molecule has 1 aliphatic heterocycles. The number of carboxylic acid groups (broad SMARTS) is 1. The summed E-state index contributed by atoms with van der Waals surface area (Å²) in [4.78, 5) is 18.9. The second-order valence-electron chi connectivity index (χ2n) is 7.12. The van der Waals surface area contributed by atoms with Crippen LogP contribution >= 0.6 is 11.3 Å². The molecule has 1 saturated heterocycles. The van der Waals surface area contributed by atoms with Crippen molar-refractivity contribution >= 4 is 27.4 Å². The third-order valence-corrected chi connectivity index (χ3v) is 6.48. The molecule has 0 amide bonds. The fraction of sp³-hybridized carbons (Fsp3) is 0.364. The third kappa shape index (κ3) is 3.49. The van der Waals surface area contributed by atoms with E-state index in [1.807, 2.05) is 18.3 Å². The van der Waals surface area contributed by atoms with Crippen LogP contribution in [0.4, 0.5) is 0 Å². The minimum absolute atomic E-state index is 0.131. The number of carboxylic acids is 1. The van der Waals surface area contributed by atoms with E-state index < -0.39 is 12.0 Å². The number of likely N-dealkylation sites (tertiary alicyclic amines) is 1. The molecule has 5 heteroatoms. The van der Waals surface area contributed by atoms with Crippen molar-refractivity contribution in [3.63, 3.8) is 0 Å². The van der Waals surface area contributed by atoms with Crippen molar-refractivity contribution in [3.05, 3.63) is 64.8 Å². The highest BCUT2D eigenvalue weighted by Crippen LogP contribution is 2.39. The first kappa shape index (κ1) is 18.1. The van der Waals surface area contributed by atoms with E-state index in [0.717, 1.165) is 31.5 Å². The van der Waals surface area contributed by atoms with Crippen LogP contribution in [0.2, 0.25) is 0 Å². The van der Waals surface area contributed by atoms with Gasteiger partial charge in [-0.05, 0) is 59.8 Å². The van der Waals surface area contributed by atoms with E-state index in [4.69, 9.17) is 4.98 Å². The summed E-state index contributed by atoms with van der Waals surface area (Å²) >= 11 is 1.72. The summed E-state index contributed by atoms with van der Waals surface area (Å²) in [5.41, 5.74) is 3.30. The highest BCUT2D eigenvalue weighted by Gasteiger charge is 2.36.